The molecule has 2 rings (SSSR count). The summed E-state index contributed by atoms with van der Waals surface area (Å²) in [5, 5.41) is 9.86. The SMILES string of the molecule is c1cnn(Cc2csnn2)c1. The van der Waals surface area contributed by atoms with Crippen molar-refractivity contribution < 1.29 is 0 Å². The second-order valence-corrected chi connectivity index (χ2v) is 2.71. The minimum absolute atomic E-state index is 0.712. The third-order valence-corrected chi connectivity index (χ3v) is 1.84. The van der Waals surface area contributed by atoms with Crippen molar-refractivity contribution >= 4 is 11.5 Å². The van der Waals surface area contributed by atoms with Gasteiger partial charge in [0.15, 0.2) is 0 Å². The third kappa shape index (κ3) is 1.43. The van der Waals surface area contributed by atoms with Crippen molar-refractivity contribution in [3.8, 4) is 0 Å². The van der Waals surface area contributed by atoms with Crippen LogP contribution in [0.5, 0.6) is 0 Å². The van der Waals surface area contributed by atoms with Crippen LogP contribution in [0.2, 0.25) is 0 Å². The Hall–Kier alpha value is -1.23. The fourth-order valence-electron chi connectivity index (χ4n) is 0.813. The molecule has 0 bridgehead atoms. The van der Waals surface area contributed by atoms with E-state index in [9.17, 15) is 0 Å². The van der Waals surface area contributed by atoms with E-state index in [2.05, 4.69) is 14.7 Å². The second kappa shape index (κ2) is 2.79. The van der Waals surface area contributed by atoms with Crippen LogP contribution in [-0.4, -0.2) is 19.4 Å². The molecule has 56 valence electrons. The Labute approximate surface area is 67.6 Å². The first-order chi connectivity index (χ1) is 5.45. The van der Waals surface area contributed by atoms with Crippen LogP contribution in [-0.2, 0) is 6.54 Å². The van der Waals surface area contributed by atoms with E-state index in [0.29, 0.717) is 6.54 Å². The van der Waals surface area contributed by atoms with Gasteiger partial charge < -0.3 is 0 Å². The van der Waals surface area contributed by atoms with E-state index in [1.165, 1.54) is 11.5 Å². The summed E-state index contributed by atoms with van der Waals surface area (Å²) >= 11 is 1.36. The van der Waals surface area contributed by atoms with Gasteiger partial charge in [-0.05, 0) is 17.6 Å². The van der Waals surface area contributed by atoms with Crippen LogP contribution in [0.15, 0.2) is 23.8 Å². The highest BCUT2D eigenvalue weighted by molar-refractivity contribution is 7.03. The molecule has 0 radical (unpaired) electrons. The van der Waals surface area contributed by atoms with Crippen molar-refractivity contribution in [2.45, 2.75) is 6.54 Å². The molecule has 0 aliphatic heterocycles. The van der Waals surface area contributed by atoms with E-state index >= 15 is 0 Å². The number of hydrogen-bond donors (Lipinski definition) is 0. The molecule has 0 aliphatic rings. The summed E-state index contributed by atoms with van der Waals surface area (Å²) in [7, 11) is 0. The molecular formula is C6H6N4S. The predicted octanol–water partition coefficient (Wildman–Crippen LogP) is 0.783. The lowest BCUT2D eigenvalue weighted by Crippen LogP contribution is -1.99. The van der Waals surface area contributed by atoms with Gasteiger partial charge in [0.1, 0.15) is 0 Å². The van der Waals surface area contributed by atoms with Gasteiger partial charge in [-0.3, -0.25) is 4.68 Å². The van der Waals surface area contributed by atoms with Crippen molar-refractivity contribution in [3.05, 3.63) is 29.5 Å². The van der Waals surface area contributed by atoms with Crippen LogP contribution < -0.4 is 0 Å². The zero-order valence-electron chi connectivity index (χ0n) is 5.71. The number of hydrogen-bond acceptors (Lipinski definition) is 4. The Balaban J connectivity index is 2.14. The number of aromatic nitrogens is 4. The molecule has 0 amide bonds. The van der Waals surface area contributed by atoms with Crippen LogP contribution in [0.1, 0.15) is 5.69 Å². The Kier molecular flexibility index (Phi) is 1.64. The van der Waals surface area contributed by atoms with Gasteiger partial charge in [0, 0.05) is 17.8 Å². The Morgan fingerprint density at radius 3 is 3.18 bits per heavy atom. The summed E-state index contributed by atoms with van der Waals surface area (Å²) in [5.74, 6) is 0. The van der Waals surface area contributed by atoms with Gasteiger partial charge in [-0.2, -0.15) is 5.10 Å². The lowest BCUT2D eigenvalue weighted by Gasteiger charge is -1.93. The molecule has 11 heavy (non-hydrogen) atoms. The van der Waals surface area contributed by atoms with Crippen LogP contribution in [0.3, 0.4) is 0 Å². The number of rotatable bonds is 2. The van der Waals surface area contributed by atoms with Gasteiger partial charge >= 0.3 is 0 Å². The van der Waals surface area contributed by atoms with E-state index in [1.807, 2.05) is 22.3 Å². The van der Waals surface area contributed by atoms with Crippen LogP contribution in [0, 0.1) is 0 Å². The highest BCUT2D eigenvalue weighted by Crippen LogP contribution is 1.98. The minimum atomic E-state index is 0.712. The molecule has 0 N–H and O–H groups in total. The van der Waals surface area contributed by atoms with E-state index in [-0.39, 0.29) is 0 Å². The van der Waals surface area contributed by atoms with Crippen molar-refractivity contribution in [2.75, 3.05) is 0 Å². The van der Waals surface area contributed by atoms with E-state index in [1.54, 1.807) is 6.20 Å². The summed E-state index contributed by atoms with van der Waals surface area (Å²) in [4.78, 5) is 0. The molecule has 0 fully saturated rings. The first-order valence-electron chi connectivity index (χ1n) is 3.18. The smallest absolute Gasteiger partial charge is 0.0970 e. The molecule has 0 atom stereocenters. The summed E-state index contributed by atoms with van der Waals surface area (Å²) in [5.41, 5.74) is 0.957. The molecular weight excluding hydrogens is 160 g/mol. The molecule has 0 saturated carbocycles. The van der Waals surface area contributed by atoms with Gasteiger partial charge in [0.05, 0.1) is 12.2 Å². The van der Waals surface area contributed by atoms with Crippen molar-refractivity contribution in [2.24, 2.45) is 0 Å². The zero-order valence-corrected chi connectivity index (χ0v) is 6.53. The molecule has 0 saturated heterocycles. The van der Waals surface area contributed by atoms with Gasteiger partial charge in [0.2, 0.25) is 0 Å². The second-order valence-electron chi connectivity index (χ2n) is 2.10. The van der Waals surface area contributed by atoms with Crippen LogP contribution in [0.4, 0.5) is 0 Å². The van der Waals surface area contributed by atoms with Crippen molar-refractivity contribution in [3.63, 3.8) is 0 Å². The molecule has 2 heterocycles. The quantitative estimate of drug-likeness (QED) is 0.662. The maximum atomic E-state index is 4.04. The summed E-state index contributed by atoms with van der Waals surface area (Å²) in [6, 6.07) is 1.89. The standard InChI is InChI=1S/C6H6N4S/c1-2-7-10(3-1)4-6-5-11-9-8-6/h1-3,5H,4H2. The zero-order chi connectivity index (χ0) is 7.52. The van der Waals surface area contributed by atoms with Gasteiger partial charge in [0.25, 0.3) is 0 Å². The van der Waals surface area contributed by atoms with E-state index in [4.69, 9.17) is 0 Å². The number of nitrogens with zero attached hydrogens (tertiary/aromatic N) is 4. The Bertz CT molecular complexity index is 267. The lowest BCUT2D eigenvalue weighted by atomic mass is 10.5. The maximum Gasteiger partial charge on any atom is 0.0970 e. The average molecular weight is 166 g/mol. The molecule has 5 heteroatoms. The predicted molar refractivity (Wildman–Crippen MR) is 41.2 cm³/mol. The summed E-state index contributed by atoms with van der Waals surface area (Å²) in [6.45, 7) is 0.712. The summed E-state index contributed by atoms with van der Waals surface area (Å²) < 4.78 is 5.57. The minimum Gasteiger partial charge on any atom is -0.267 e. The van der Waals surface area contributed by atoms with Crippen LogP contribution in [0.25, 0.3) is 0 Å². The normalized spacial score (nSPS) is 10.2. The van der Waals surface area contributed by atoms with E-state index < -0.39 is 0 Å². The lowest BCUT2D eigenvalue weighted by molar-refractivity contribution is 0.670. The molecule has 4 nitrogen and oxygen atoms in total. The molecule has 2 aromatic rings. The Morgan fingerprint density at radius 2 is 2.55 bits per heavy atom. The van der Waals surface area contributed by atoms with Gasteiger partial charge in [-0.25, -0.2) is 0 Å². The average Bonchev–Trinajstić information content (AvgIpc) is 2.60. The van der Waals surface area contributed by atoms with Gasteiger partial charge in [-0.15, -0.1) is 5.10 Å². The molecule has 0 spiro atoms. The van der Waals surface area contributed by atoms with Crippen molar-refractivity contribution in [1.82, 2.24) is 19.4 Å². The fraction of sp³-hybridized carbons (Fsp3) is 0.167. The fourth-order valence-corrected chi connectivity index (χ4v) is 1.26. The Morgan fingerprint density at radius 1 is 1.55 bits per heavy atom. The summed E-state index contributed by atoms with van der Waals surface area (Å²) in [6.07, 6.45) is 3.65. The molecule has 0 aromatic carbocycles. The first kappa shape index (κ1) is 6.48. The maximum absolute atomic E-state index is 4.04. The molecule has 0 unspecified atom stereocenters. The van der Waals surface area contributed by atoms with Crippen molar-refractivity contribution in [1.29, 1.82) is 0 Å². The van der Waals surface area contributed by atoms with E-state index in [0.717, 1.165) is 5.69 Å². The van der Waals surface area contributed by atoms with Crippen LogP contribution >= 0.6 is 11.5 Å². The monoisotopic (exact) mass is 166 g/mol. The third-order valence-electron chi connectivity index (χ3n) is 1.29. The molecule has 2 aromatic heterocycles. The highest BCUT2D eigenvalue weighted by atomic mass is 32.1. The first-order valence-corrected chi connectivity index (χ1v) is 4.02. The topological polar surface area (TPSA) is 43.6 Å². The van der Waals surface area contributed by atoms with Gasteiger partial charge in [-0.1, -0.05) is 4.49 Å². The largest absolute Gasteiger partial charge is 0.267 e. The highest BCUT2D eigenvalue weighted by Gasteiger charge is 1.96. The molecule has 0 aliphatic carbocycles.